The van der Waals surface area contributed by atoms with Gasteiger partial charge in [-0.1, -0.05) is 55.1 Å². The largest absolute Gasteiger partial charge is 0.337 e. The van der Waals surface area contributed by atoms with E-state index < -0.39 is 0 Å². The van der Waals surface area contributed by atoms with Crippen molar-refractivity contribution in [3.8, 4) is 5.69 Å². The molecule has 0 bridgehead atoms. The Morgan fingerprint density at radius 3 is 2.68 bits per heavy atom. The van der Waals surface area contributed by atoms with Gasteiger partial charge in [0.05, 0.1) is 5.69 Å². The summed E-state index contributed by atoms with van der Waals surface area (Å²) in [5, 5.41) is 3.69. The molecule has 4 heterocycles. The van der Waals surface area contributed by atoms with E-state index in [0.29, 0.717) is 6.04 Å². The molecule has 6 rings (SSSR count). The minimum Gasteiger partial charge on any atom is -0.337 e. The highest BCUT2D eigenvalue weighted by Crippen LogP contribution is 2.48. The maximum Gasteiger partial charge on any atom is 0.160 e. The van der Waals surface area contributed by atoms with Gasteiger partial charge in [-0.25, -0.2) is 0 Å². The molecular weight excluding hydrogens is 400 g/mol. The fourth-order valence-electron chi connectivity index (χ4n) is 4.87. The highest BCUT2D eigenvalue weighted by molar-refractivity contribution is 8.14. The summed E-state index contributed by atoms with van der Waals surface area (Å²) >= 11 is 1.89. The van der Waals surface area contributed by atoms with Gasteiger partial charge in [0.15, 0.2) is 5.17 Å². The number of nitrogens with zero attached hydrogens (tertiary/aromatic N) is 4. The standard InChI is InChI=1S/C26H24N4S/c1-2-20-17-31-26-28-24(22-10-5-6-14-27-22)25(30(20)26)23-11-7-15-29(23)21-13-12-18-8-3-4-9-19(18)16-21/h3-16,20,24-25H,2,17H2,1H3. The Morgan fingerprint density at radius 2 is 1.84 bits per heavy atom. The molecule has 0 amide bonds. The number of hydrogen-bond donors (Lipinski definition) is 0. The van der Waals surface area contributed by atoms with Crippen molar-refractivity contribution in [1.82, 2.24) is 14.5 Å². The normalized spacial score (nSPS) is 22.7. The van der Waals surface area contributed by atoms with Crippen LogP contribution in [0.5, 0.6) is 0 Å². The topological polar surface area (TPSA) is 33.4 Å². The quantitative estimate of drug-likeness (QED) is 0.403. The zero-order valence-corrected chi connectivity index (χ0v) is 18.2. The second-order valence-electron chi connectivity index (χ2n) is 8.17. The molecule has 0 saturated carbocycles. The fraction of sp³-hybridized carbons (Fsp3) is 0.231. The number of amidine groups is 1. The third-order valence-electron chi connectivity index (χ3n) is 6.42. The maximum atomic E-state index is 5.17. The third-order valence-corrected chi connectivity index (χ3v) is 7.55. The summed E-state index contributed by atoms with van der Waals surface area (Å²) in [4.78, 5) is 12.4. The molecule has 31 heavy (non-hydrogen) atoms. The predicted molar refractivity (Wildman–Crippen MR) is 129 cm³/mol. The summed E-state index contributed by atoms with van der Waals surface area (Å²) in [6.07, 6.45) is 5.17. The predicted octanol–water partition coefficient (Wildman–Crippen LogP) is 6.00. The van der Waals surface area contributed by atoms with Gasteiger partial charge in [-0.15, -0.1) is 0 Å². The highest BCUT2D eigenvalue weighted by atomic mass is 32.2. The van der Waals surface area contributed by atoms with Crippen LogP contribution in [0.2, 0.25) is 0 Å². The molecule has 3 unspecified atom stereocenters. The first-order valence-electron chi connectivity index (χ1n) is 10.9. The van der Waals surface area contributed by atoms with Crippen molar-refractivity contribution in [1.29, 1.82) is 0 Å². The molecule has 2 aliphatic rings. The molecule has 0 radical (unpaired) electrons. The van der Waals surface area contributed by atoms with Crippen LogP contribution in [0.3, 0.4) is 0 Å². The van der Waals surface area contributed by atoms with E-state index in [1.54, 1.807) is 0 Å². The van der Waals surface area contributed by atoms with Crippen molar-refractivity contribution in [2.75, 3.05) is 5.75 Å². The summed E-state index contributed by atoms with van der Waals surface area (Å²) in [5.74, 6) is 1.11. The van der Waals surface area contributed by atoms with Crippen LogP contribution in [-0.4, -0.2) is 31.4 Å². The van der Waals surface area contributed by atoms with Gasteiger partial charge in [0.1, 0.15) is 12.1 Å². The van der Waals surface area contributed by atoms with Crippen LogP contribution in [0.4, 0.5) is 0 Å². The van der Waals surface area contributed by atoms with Crippen molar-refractivity contribution in [3.05, 3.63) is 96.6 Å². The van der Waals surface area contributed by atoms with E-state index in [-0.39, 0.29) is 12.1 Å². The van der Waals surface area contributed by atoms with Crippen LogP contribution >= 0.6 is 11.8 Å². The number of fused-ring (bicyclic) bond motifs is 2. The minimum atomic E-state index is 0.00663. The first-order chi connectivity index (χ1) is 15.3. The zero-order chi connectivity index (χ0) is 20.8. The first kappa shape index (κ1) is 18.7. The Morgan fingerprint density at radius 1 is 0.968 bits per heavy atom. The Balaban J connectivity index is 1.48. The molecule has 154 valence electrons. The van der Waals surface area contributed by atoms with Crippen LogP contribution in [0, 0.1) is 0 Å². The van der Waals surface area contributed by atoms with Crippen molar-refractivity contribution in [2.45, 2.75) is 31.5 Å². The van der Waals surface area contributed by atoms with E-state index in [9.17, 15) is 0 Å². The lowest BCUT2D eigenvalue weighted by Gasteiger charge is -2.32. The van der Waals surface area contributed by atoms with Crippen molar-refractivity contribution < 1.29 is 0 Å². The van der Waals surface area contributed by atoms with E-state index in [1.165, 1.54) is 27.3 Å². The van der Waals surface area contributed by atoms with Crippen LogP contribution < -0.4 is 0 Å². The van der Waals surface area contributed by atoms with E-state index >= 15 is 0 Å². The van der Waals surface area contributed by atoms with Crippen molar-refractivity contribution in [3.63, 3.8) is 0 Å². The molecule has 4 nitrogen and oxygen atoms in total. The van der Waals surface area contributed by atoms with Gasteiger partial charge >= 0.3 is 0 Å². The van der Waals surface area contributed by atoms with E-state index in [1.807, 2.05) is 24.0 Å². The average Bonchev–Trinajstić information content (AvgIpc) is 3.54. The second-order valence-corrected chi connectivity index (χ2v) is 9.16. The Kier molecular flexibility index (Phi) is 4.57. The van der Waals surface area contributed by atoms with E-state index in [2.05, 4.69) is 89.3 Å². The molecule has 1 fully saturated rings. The van der Waals surface area contributed by atoms with Gasteiger partial charge in [0.2, 0.25) is 0 Å². The molecule has 4 aromatic rings. The fourth-order valence-corrected chi connectivity index (χ4v) is 6.21. The molecule has 5 heteroatoms. The van der Waals surface area contributed by atoms with Crippen LogP contribution in [0.25, 0.3) is 16.5 Å². The van der Waals surface area contributed by atoms with Crippen LogP contribution in [0.1, 0.15) is 36.8 Å². The molecular formula is C26H24N4S. The number of rotatable bonds is 4. The second kappa shape index (κ2) is 7.57. The summed E-state index contributed by atoms with van der Waals surface area (Å²) in [6, 6.07) is 26.5. The number of pyridine rings is 1. The van der Waals surface area contributed by atoms with Gasteiger partial charge in [-0.2, -0.15) is 0 Å². The molecule has 2 aliphatic heterocycles. The summed E-state index contributed by atoms with van der Waals surface area (Å²) in [6.45, 7) is 2.28. The minimum absolute atomic E-state index is 0.00663. The molecule has 0 aliphatic carbocycles. The lowest BCUT2D eigenvalue weighted by atomic mass is 9.99. The Hall–Kier alpha value is -3.05. The molecule has 0 N–H and O–H groups in total. The molecule has 0 spiro atoms. The number of thioether (sulfide) groups is 1. The van der Waals surface area contributed by atoms with Gasteiger partial charge in [-0.05, 0) is 53.6 Å². The lowest BCUT2D eigenvalue weighted by molar-refractivity contribution is 0.249. The van der Waals surface area contributed by atoms with E-state index in [0.717, 1.165) is 17.9 Å². The molecule has 3 atom stereocenters. The van der Waals surface area contributed by atoms with Gasteiger partial charge in [-0.3, -0.25) is 9.98 Å². The van der Waals surface area contributed by atoms with Gasteiger partial charge < -0.3 is 9.47 Å². The Labute approximate surface area is 186 Å². The third kappa shape index (κ3) is 3.07. The smallest absolute Gasteiger partial charge is 0.160 e. The molecule has 1 saturated heterocycles. The Bertz CT molecular complexity index is 1260. The van der Waals surface area contributed by atoms with E-state index in [4.69, 9.17) is 9.98 Å². The molecule has 2 aromatic heterocycles. The summed E-state index contributed by atoms with van der Waals surface area (Å²) in [5.41, 5.74) is 3.49. The van der Waals surface area contributed by atoms with Crippen LogP contribution in [-0.2, 0) is 0 Å². The highest BCUT2D eigenvalue weighted by Gasteiger charge is 2.46. The SMILES string of the molecule is CCC1CSC2=NC(c3ccccn3)C(c3cccn3-c3ccc4ccccc4c3)N21. The number of aliphatic imine (C=N–C) groups is 1. The number of aromatic nitrogens is 2. The van der Waals surface area contributed by atoms with Gasteiger partial charge in [0.25, 0.3) is 0 Å². The summed E-state index contributed by atoms with van der Waals surface area (Å²) < 4.78 is 2.33. The number of hydrogen-bond acceptors (Lipinski definition) is 4. The monoisotopic (exact) mass is 424 g/mol. The molecule has 2 aromatic carbocycles. The average molecular weight is 425 g/mol. The zero-order valence-electron chi connectivity index (χ0n) is 17.4. The number of benzene rings is 2. The van der Waals surface area contributed by atoms with Gasteiger partial charge in [0, 0.05) is 35.6 Å². The van der Waals surface area contributed by atoms with Crippen molar-refractivity contribution >= 4 is 27.7 Å². The van der Waals surface area contributed by atoms with Crippen LogP contribution in [0.15, 0.2) is 90.2 Å². The summed E-state index contributed by atoms with van der Waals surface area (Å²) in [7, 11) is 0. The first-order valence-corrected chi connectivity index (χ1v) is 11.9. The van der Waals surface area contributed by atoms with Crippen molar-refractivity contribution in [2.24, 2.45) is 4.99 Å². The lowest BCUT2D eigenvalue weighted by Crippen LogP contribution is -2.36. The maximum absolute atomic E-state index is 5.17.